The number of fused-ring (bicyclic) bond motifs is 1. The number of hydrogen-bond acceptors (Lipinski definition) is 3. The predicted molar refractivity (Wildman–Crippen MR) is 111 cm³/mol. The highest BCUT2D eigenvalue weighted by Gasteiger charge is 2.13. The lowest BCUT2D eigenvalue weighted by atomic mass is 9.95. The highest BCUT2D eigenvalue weighted by Crippen LogP contribution is 2.23. The summed E-state index contributed by atoms with van der Waals surface area (Å²) in [6.45, 7) is 0. The van der Waals surface area contributed by atoms with Crippen molar-refractivity contribution in [2.75, 3.05) is 10.6 Å². The van der Waals surface area contributed by atoms with Gasteiger partial charge in [-0.05, 0) is 48.7 Å². The molecule has 0 bridgehead atoms. The smallest absolute Gasteiger partial charge is 0.228 e. The lowest BCUT2D eigenvalue weighted by Crippen LogP contribution is -2.22. The second-order valence-electron chi connectivity index (χ2n) is 7.27. The predicted octanol–water partition coefficient (Wildman–Crippen LogP) is 5.16. The van der Waals surface area contributed by atoms with Crippen molar-refractivity contribution >= 4 is 28.2 Å². The molecule has 1 amide bonds. The quantitative estimate of drug-likeness (QED) is 0.661. The zero-order valence-electron chi connectivity index (χ0n) is 15.4. The molecule has 1 fully saturated rings. The van der Waals surface area contributed by atoms with Gasteiger partial charge in [-0.15, -0.1) is 0 Å². The first-order valence-corrected chi connectivity index (χ1v) is 9.77. The van der Waals surface area contributed by atoms with Crippen LogP contribution in [0.1, 0.15) is 37.7 Å². The molecule has 0 saturated heterocycles. The van der Waals surface area contributed by atoms with Crippen molar-refractivity contribution in [2.24, 2.45) is 0 Å². The third-order valence-electron chi connectivity index (χ3n) is 5.21. The van der Waals surface area contributed by atoms with Crippen molar-refractivity contribution in [3.63, 3.8) is 0 Å². The molecule has 0 atom stereocenters. The Morgan fingerprint density at radius 2 is 1.67 bits per heavy atom. The van der Waals surface area contributed by atoms with Crippen LogP contribution in [0.3, 0.4) is 0 Å². The van der Waals surface area contributed by atoms with Gasteiger partial charge < -0.3 is 10.6 Å². The Balaban J connectivity index is 1.37. The van der Waals surface area contributed by atoms with Crippen LogP contribution in [0.5, 0.6) is 0 Å². The number of pyridine rings is 1. The van der Waals surface area contributed by atoms with Crippen LogP contribution in [0, 0.1) is 0 Å². The summed E-state index contributed by atoms with van der Waals surface area (Å²) in [6.07, 6.45) is 8.56. The first kappa shape index (κ1) is 17.5. The van der Waals surface area contributed by atoms with Crippen molar-refractivity contribution in [3.05, 3.63) is 66.4 Å². The van der Waals surface area contributed by atoms with Gasteiger partial charge in [-0.1, -0.05) is 43.5 Å². The van der Waals surface area contributed by atoms with Crippen LogP contribution in [-0.2, 0) is 11.2 Å². The van der Waals surface area contributed by atoms with E-state index >= 15 is 0 Å². The Bertz CT molecular complexity index is 909. The van der Waals surface area contributed by atoms with E-state index in [4.69, 9.17) is 0 Å². The van der Waals surface area contributed by atoms with Gasteiger partial charge in [0.2, 0.25) is 5.91 Å². The zero-order valence-corrected chi connectivity index (χ0v) is 15.4. The van der Waals surface area contributed by atoms with Crippen LogP contribution in [-0.4, -0.2) is 16.9 Å². The van der Waals surface area contributed by atoms with E-state index in [0.29, 0.717) is 12.5 Å². The van der Waals surface area contributed by atoms with Crippen molar-refractivity contribution < 1.29 is 4.79 Å². The van der Waals surface area contributed by atoms with Crippen molar-refractivity contribution in [1.82, 2.24) is 4.98 Å². The number of nitrogens with zero attached hydrogens (tertiary/aromatic N) is 1. The molecule has 1 heterocycles. The molecular weight excluding hydrogens is 334 g/mol. The summed E-state index contributed by atoms with van der Waals surface area (Å²) in [5.41, 5.74) is 3.78. The topological polar surface area (TPSA) is 54.0 Å². The Kier molecular flexibility index (Phi) is 5.33. The Morgan fingerprint density at radius 1 is 0.926 bits per heavy atom. The summed E-state index contributed by atoms with van der Waals surface area (Å²) >= 11 is 0. The first-order valence-electron chi connectivity index (χ1n) is 9.77. The molecule has 3 aromatic rings. The third kappa shape index (κ3) is 4.45. The minimum absolute atomic E-state index is 0.0267. The van der Waals surface area contributed by atoms with E-state index in [1.165, 1.54) is 32.1 Å². The molecule has 4 heteroatoms. The molecule has 1 aliphatic carbocycles. The van der Waals surface area contributed by atoms with E-state index in [1.54, 1.807) is 6.20 Å². The average molecular weight is 359 g/mol. The van der Waals surface area contributed by atoms with Gasteiger partial charge in [0.15, 0.2) is 0 Å². The molecule has 1 aromatic heterocycles. The minimum Gasteiger partial charge on any atom is -0.382 e. The SMILES string of the molecule is O=C(Cc1cccc2cccnc12)Nc1ccc(NC2CCCCC2)cc1. The maximum Gasteiger partial charge on any atom is 0.228 e. The fourth-order valence-corrected chi connectivity index (χ4v) is 3.82. The van der Waals surface area contributed by atoms with Crippen molar-refractivity contribution in [3.8, 4) is 0 Å². The minimum atomic E-state index is -0.0267. The van der Waals surface area contributed by atoms with E-state index in [2.05, 4.69) is 15.6 Å². The number of para-hydroxylation sites is 1. The summed E-state index contributed by atoms with van der Waals surface area (Å²) in [7, 11) is 0. The average Bonchev–Trinajstić information content (AvgIpc) is 2.71. The number of carbonyl (C=O) groups excluding carboxylic acids is 1. The Labute approximate surface area is 160 Å². The monoisotopic (exact) mass is 359 g/mol. The fourth-order valence-electron chi connectivity index (χ4n) is 3.82. The number of anilines is 2. The van der Waals surface area contributed by atoms with Gasteiger partial charge in [-0.25, -0.2) is 0 Å². The van der Waals surface area contributed by atoms with Crippen LogP contribution in [0.15, 0.2) is 60.8 Å². The molecule has 138 valence electrons. The summed E-state index contributed by atoms with van der Waals surface area (Å²) in [6, 6.07) is 18.5. The molecule has 0 radical (unpaired) electrons. The highest BCUT2D eigenvalue weighted by molar-refractivity contribution is 5.95. The molecule has 27 heavy (non-hydrogen) atoms. The van der Waals surface area contributed by atoms with Crippen LogP contribution in [0.4, 0.5) is 11.4 Å². The highest BCUT2D eigenvalue weighted by atomic mass is 16.1. The van der Waals surface area contributed by atoms with E-state index in [-0.39, 0.29) is 5.91 Å². The maximum atomic E-state index is 12.5. The van der Waals surface area contributed by atoms with E-state index in [1.807, 2.05) is 54.6 Å². The molecule has 1 saturated carbocycles. The van der Waals surface area contributed by atoms with E-state index < -0.39 is 0 Å². The van der Waals surface area contributed by atoms with Gasteiger partial charge in [0.25, 0.3) is 0 Å². The number of hydrogen-bond donors (Lipinski definition) is 2. The van der Waals surface area contributed by atoms with Gasteiger partial charge in [0.1, 0.15) is 0 Å². The molecule has 2 aromatic carbocycles. The number of benzene rings is 2. The Morgan fingerprint density at radius 3 is 2.48 bits per heavy atom. The number of rotatable bonds is 5. The molecule has 2 N–H and O–H groups in total. The molecule has 4 nitrogen and oxygen atoms in total. The molecule has 0 spiro atoms. The summed E-state index contributed by atoms with van der Waals surface area (Å²) < 4.78 is 0. The van der Waals surface area contributed by atoms with Crippen LogP contribution >= 0.6 is 0 Å². The molecule has 0 aliphatic heterocycles. The maximum absolute atomic E-state index is 12.5. The number of carbonyl (C=O) groups is 1. The molecule has 0 unspecified atom stereocenters. The van der Waals surface area contributed by atoms with Gasteiger partial charge in [0, 0.05) is 29.0 Å². The lowest BCUT2D eigenvalue weighted by molar-refractivity contribution is -0.115. The molecule has 4 rings (SSSR count). The standard InChI is InChI=1S/C23H25N3O/c27-22(16-18-7-4-6-17-8-5-15-24-23(17)18)26-21-13-11-20(12-14-21)25-19-9-2-1-3-10-19/h4-8,11-15,19,25H,1-3,9-10,16H2,(H,26,27). The van der Waals surface area contributed by atoms with Crippen LogP contribution < -0.4 is 10.6 Å². The van der Waals surface area contributed by atoms with Gasteiger partial charge >= 0.3 is 0 Å². The van der Waals surface area contributed by atoms with E-state index in [9.17, 15) is 4.79 Å². The number of nitrogens with one attached hydrogen (secondary N) is 2. The largest absolute Gasteiger partial charge is 0.382 e. The van der Waals surface area contributed by atoms with Crippen molar-refractivity contribution in [2.45, 2.75) is 44.6 Å². The van der Waals surface area contributed by atoms with Crippen molar-refractivity contribution in [1.29, 1.82) is 0 Å². The number of amides is 1. The van der Waals surface area contributed by atoms with Gasteiger partial charge in [-0.3, -0.25) is 9.78 Å². The van der Waals surface area contributed by atoms with Gasteiger partial charge in [-0.2, -0.15) is 0 Å². The Hall–Kier alpha value is -2.88. The summed E-state index contributed by atoms with van der Waals surface area (Å²) in [4.78, 5) is 16.9. The summed E-state index contributed by atoms with van der Waals surface area (Å²) in [5.74, 6) is -0.0267. The lowest BCUT2D eigenvalue weighted by Gasteiger charge is -2.23. The molecular formula is C23H25N3O. The zero-order chi connectivity index (χ0) is 18.5. The molecule has 1 aliphatic rings. The third-order valence-corrected chi connectivity index (χ3v) is 5.21. The number of aromatic nitrogens is 1. The second-order valence-corrected chi connectivity index (χ2v) is 7.27. The first-order chi connectivity index (χ1) is 13.3. The van der Waals surface area contributed by atoms with E-state index in [0.717, 1.165) is 27.8 Å². The second kappa shape index (κ2) is 8.21. The fraction of sp³-hybridized carbons (Fsp3) is 0.304. The van der Waals surface area contributed by atoms with Gasteiger partial charge in [0.05, 0.1) is 11.9 Å². The van der Waals surface area contributed by atoms with Crippen LogP contribution in [0.2, 0.25) is 0 Å². The van der Waals surface area contributed by atoms with Crippen LogP contribution in [0.25, 0.3) is 10.9 Å². The normalized spacial score (nSPS) is 14.8. The summed E-state index contributed by atoms with van der Waals surface area (Å²) in [5, 5.41) is 7.65.